The smallest absolute Gasteiger partial charge is 0.225 e. The predicted molar refractivity (Wildman–Crippen MR) is 124 cm³/mol. The number of hydrogen-bond acceptors (Lipinski definition) is 2. The Labute approximate surface area is 187 Å². The topological polar surface area (TPSA) is 56.7 Å². The van der Waals surface area contributed by atoms with Gasteiger partial charge < -0.3 is 15.5 Å². The maximum Gasteiger partial charge on any atom is 0.225 e. The first-order valence-corrected chi connectivity index (χ1v) is 10.5. The number of benzene rings is 1. The minimum absolute atomic E-state index is 0. The predicted octanol–water partition coefficient (Wildman–Crippen LogP) is 3.91. The van der Waals surface area contributed by atoms with Crippen LogP contribution in [0.4, 0.5) is 0 Å². The van der Waals surface area contributed by atoms with E-state index in [1.54, 1.807) is 7.05 Å². The van der Waals surface area contributed by atoms with Gasteiger partial charge in [0.15, 0.2) is 5.96 Å². The van der Waals surface area contributed by atoms with E-state index in [-0.39, 0.29) is 35.9 Å². The molecular formula is C20H30BrIN4O. The number of hydrogen-bond donors (Lipinski definition) is 2. The quantitative estimate of drug-likeness (QED) is 0.341. The van der Waals surface area contributed by atoms with Crippen molar-refractivity contribution in [1.82, 2.24) is 15.5 Å². The Morgan fingerprint density at radius 3 is 2.74 bits per heavy atom. The van der Waals surface area contributed by atoms with Crippen LogP contribution < -0.4 is 10.6 Å². The molecule has 2 aliphatic rings. The van der Waals surface area contributed by atoms with Crippen molar-refractivity contribution in [3.05, 3.63) is 34.3 Å². The molecule has 0 bridgehead atoms. The van der Waals surface area contributed by atoms with E-state index in [1.807, 2.05) is 12.1 Å². The van der Waals surface area contributed by atoms with Crippen LogP contribution in [0.5, 0.6) is 0 Å². The first-order chi connectivity index (χ1) is 12.7. The molecule has 1 aliphatic carbocycles. The molecule has 2 N–H and O–H groups in total. The highest BCUT2D eigenvalue weighted by Gasteiger charge is 2.31. The van der Waals surface area contributed by atoms with Crippen LogP contribution >= 0.6 is 39.9 Å². The summed E-state index contributed by atoms with van der Waals surface area (Å²) < 4.78 is 1.08. The molecule has 1 saturated carbocycles. The Balaban J connectivity index is 0.00000261. The van der Waals surface area contributed by atoms with Crippen molar-refractivity contribution in [2.24, 2.45) is 10.9 Å². The summed E-state index contributed by atoms with van der Waals surface area (Å²) in [4.78, 5) is 19.1. The van der Waals surface area contributed by atoms with Gasteiger partial charge in [0.25, 0.3) is 0 Å². The number of guanidine groups is 1. The third kappa shape index (κ3) is 6.62. The lowest BCUT2D eigenvalue weighted by atomic mass is 9.88. The monoisotopic (exact) mass is 548 g/mol. The summed E-state index contributed by atoms with van der Waals surface area (Å²) in [7, 11) is 1.79. The Bertz CT molecular complexity index is 649. The van der Waals surface area contributed by atoms with E-state index in [4.69, 9.17) is 0 Å². The molecule has 0 aromatic heterocycles. The van der Waals surface area contributed by atoms with Crippen molar-refractivity contribution in [1.29, 1.82) is 0 Å². The van der Waals surface area contributed by atoms with Crippen LogP contribution in [0.25, 0.3) is 0 Å². The third-order valence-electron chi connectivity index (χ3n) is 5.37. The lowest BCUT2D eigenvalue weighted by Gasteiger charge is -2.26. The van der Waals surface area contributed by atoms with E-state index in [0.717, 1.165) is 49.3 Å². The summed E-state index contributed by atoms with van der Waals surface area (Å²) in [5.74, 6) is 1.42. The zero-order valence-corrected chi connectivity index (χ0v) is 19.8. The van der Waals surface area contributed by atoms with Gasteiger partial charge in [-0.15, -0.1) is 24.0 Å². The summed E-state index contributed by atoms with van der Waals surface area (Å²) in [5.41, 5.74) is 1.20. The molecule has 0 spiro atoms. The molecule has 1 unspecified atom stereocenters. The number of carbonyl (C=O) groups is 1. The number of nitrogens with one attached hydrogen (secondary N) is 2. The molecule has 1 atom stereocenters. The van der Waals surface area contributed by atoms with Crippen molar-refractivity contribution >= 4 is 51.8 Å². The van der Waals surface area contributed by atoms with Crippen molar-refractivity contribution in [2.75, 3.05) is 20.1 Å². The Kier molecular flexibility index (Phi) is 9.35. The van der Waals surface area contributed by atoms with Crippen molar-refractivity contribution in [3.8, 4) is 0 Å². The van der Waals surface area contributed by atoms with Gasteiger partial charge in [0.2, 0.25) is 5.91 Å². The molecule has 2 fully saturated rings. The molecule has 1 amide bonds. The fraction of sp³-hybridized carbons (Fsp3) is 0.600. The Morgan fingerprint density at radius 2 is 2.04 bits per heavy atom. The van der Waals surface area contributed by atoms with Crippen molar-refractivity contribution in [2.45, 2.75) is 51.1 Å². The van der Waals surface area contributed by atoms with Crippen LogP contribution in [0.15, 0.2) is 33.7 Å². The highest BCUT2D eigenvalue weighted by atomic mass is 127. The summed E-state index contributed by atoms with van der Waals surface area (Å²) in [5, 5.41) is 6.83. The van der Waals surface area contributed by atoms with E-state index in [1.165, 1.54) is 24.8 Å². The molecule has 0 radical (unpaired) electrons. The van der Waals surface area contributed by atoms with Gasteiger partial charge in [0, 0.05) is 43.1 Å². The van der Waals surface area contributed by atoms with Gasteiger partial charge in [0.1, 0.15) is 0 Å². The standard InChI is InChI=1S/C20H29BrN4O.HI/c1-22-20(23-13-15-6-5-9-17(21)12-15)24-18-10-11-25(14-18)19(26)16-7-3-2-4-8-16;/h5-6,9,12,16,18H,2-4,7-8,10-11,13-14H2,1H3,(H2,22,23,24);1H. The normalized spacial score (nSPS) is 20.9. The van der Waals surface area contributed by atoms with E-state index < -0.39 is 0 Å². The fourth-order valence-electron chi connectivity index (χ4n) is 3.91. The summed E-state index contributed by atoms with van der Waals surface area (Å²) in [6.07, 6.45) is 6.83. The number of halogens is 2. The van der Waals surface area contributed by atoms with Gasteiger partial charge in [-0.2, -0.15) is 0 Å². The number of rotatable bonds is 4. The van der Waals surface area contributed by atoms with Gasteiger partial charge in [-0.1, -0.05) is 47.3 Å². The minimum atomic E-state index is 0. The third-order valence-corrected chi connectivity index (χ3v) is 5.86. The van der Waals surface area contributed by atoms with Gasteiger partial charge in [-0.25, -0.2) is 0 Å². The maximum absolute atomic E-state index is 12.7. The second-order valence-electron chi connectivity index (χ2n) is 7.30. The molecule has 150 valence electrons. The lowest BCUT2D eigenvalue weighted by molar-refractivity contribution is -0.135. The van der Waals surface area contributed by atoms with Crippen LogP contribution in [0, 0.1) is 5.92 Å². The van der Waals surface area contributed by atoms with Crippen molar-refractivity contribution < 1.29 is 4.79 Å². The summed E-state index contributed by atoms with van der Waals surface area (Å²) in [6, 6.07) is 8.51. The van der Waals surface area contributed by atoms with E-state index in [2.05, 4.69) is 48.6 Å². The first-order valence-electron chi connectivity index (χ1n) is 9.66. The van der Waals surface area contributed by atoms with Gasteiger partial charge >= 0.3 is 0 Å². The van der Waals surface area contributed by atoms with Crippen LogP contribution in [0.1, 0.15) is 44.1 Å². The number of nitrogens with zero attached hydrogens (tertiary/aromatic N) is 2. The van der Waals surface area contributed by atoms with E-state index in [0.29, 0.717) is 5.91 Å². The number of aliphatic imine (C=N–C) groups is 1. The number of carbonyl (C=O) groups excluding carboxylic acids is 1. The highest BCUT2D eigenvalue weighted by molar-refractivity contribution is 14.0. The SMILES string of the molecule is CN=C(NCc1cccc(Br)c1)NC1CCN(C(=O)C2CCCCC2)C1.I. The second kappa shape index (κ2) is 11.2. The Morgan fingerprint density at radius 1 is 1.26 bits per heavy atom. The van der Waals surface area contributed by atoms with Crippen LogP contribution in [-0.2, 0) is 11.3 Å². The van der Waals surface area contributed by atoms with Gasteiger partial charge in [-0.3, -0.25) is 9.79 Å². The lowest BCUT2D eigenvalue weighted by Crippen LogP contribution is -2.45. The minimum Gasteiger partial charge on any atom is -0.352 e. The van der Waals surface area contributed by atoms with Gasteiger partial charge in [-0.05, 0) is 37.0 Å². The average Bonchev–Trinajstić information content (AvgIpc) is 3.14. The molecule has 7 heteroatoms. The van der Waals surface area contributed by atoms with Gasteiger partial charge in [0.05, 0.1) is 0 Å². The number of likely N-dealkylation sites (tertiary alicyclic amines) is 1. The molecule has 1 aromatic rings. The molecule has 1 heterocycles. The zero-order chi connectivity index (χ0) is 18.4. The molecule has 3 rings (SSSR count). The molecule has 27 heavy (non-hydrogen) atoms. The van der Waals surface area contributed by atoms with Crippen molar-refractivity contribution in [3.63, 3.8) is 0 Å². The first kappa shape index (κ1) is 22.5. The molecule has 1 aliphatic heterocycles. The highest BCUT2D eigenvalue weighted by Crippen LogP contribution is 2.26. The van der Waals surface area contributed by atoms with Crippen LogP contribution in [0.2, 0.25) is 0 Å². The molecule has 1 aromatic carbocycles. The summed E-state index contributed by atoms with van der Waals surface area (Å²) >= 11 is 3.50. The summed E-state index contributed by atoms with van der Waals surface area (Å²) in [6.45, 7) is 2.36. The number of amides is 1. The molecule has 5 nitrogen and oxygen atoms in total. The zero-order valence-electron chi connectivity index (χ0n) is 15.9. The fourth-order valence-corrected chi connectivity index (χ4v) is 4.35. The maximum atomic E-state index is 12.7. The Hall–Kier alpha value is -0.830. The average molecular weight is 549 g/mol. The molecule has 1 saturated heterocycles. The molecular weight excluding hydrogens is 519 g/mol. The van der Waals surface area contributed by atoms with E-state index in [9.17, 15) is 4.79 Å². The van der Waals surface area contributed by atoms with Crippen LogP contribution in [-0.4, -0.2) is 42.9 Å². The van der Waals surface area contributed by atoms with E-state index >= 15 is 0 Å². The second-order valence-corrected chi connectivity index (χ2v) is 8.22. The largest absolute Gasteiger partial charge is 0.352 e. The van der Waals surface area contributed by atoms with Crippen LogP contribution in [0.3, 0.4) is 0 Å².